The minimum absolute atomic E-state index is 0.0365. The van der Waals surface area contributed by atoms with Crippen LogP contribution >= 0.6 is 31.9 Å². The van der Waals surface area contributed by atoms with Gasteiger partial charge in [0.05, 0.1) is 13.5 Å². The second kappa shape index (κ2) is 7.40. The molecule has 0 N–H and O–H groups in total. The van der Waals surface area contributed by atoms with E-state index in [1.807, 2.05) is 6.07 Å². The molecule has 1 aromatic carbocycles. The normalized spacial score (nSPS) is 18.4. The van der Waals surface area contributed by atoms with Crippen molar-refractivity contribution < 1.29 is 14.3 Å². The highest BCUT2D eigenvalue weighted by atomic mass is 79.9. The van der Waals surface area contributed by atoms with Gasteiger partial charge >= 0.3 is 5.97 Å². The van der Waals surface area contributed by atoms with E-state index in [0.717, 1.165) is 28.2 Å². The standard InChI is InChI=1S/C15H17Br2NO3/c1-21-14(19)9-13-4-2-3-5-18(13)15(20)10-6-11(16)8-12(17)7-10/h6-8,13H,2-5,9H2,1H3. The Morgan fingerprint density at radius 2 is 1.90 bits per heavy atom. The number of carbonyl (C=O) groups excluding carboxylic acids is 2. The fourth-order valence-electron chi connectivity index (χ4n) is 2.60. The lowest BCUT2D eigenvalue weighted by Gasteiger charge is -2.35. The smallest absolute Gasteiger partial charge is 0.307 e. The molecule has 0 saturated carbocycles. The number of rotatable bonds is 3. The Morgan fingerprint density at radius 3 is 2.52 bits per heavy atom. The van der Waals surface area contributed by atoms with Crippen molar-refractivity contribution >= 4 is 43.7 Å². The number of carbonyl (C=O) groups is 2. The van der Waals surface area contributed by atoms with Gasteiger partial charge in [-0.25, -0.2) is 0 Å². The zero-order valence-corrected chi connectivity index (χ0v) is 14.9. The summed E-state index contributed by atoms with van der Waals surface area (Å²) >= 11 is 6.79. The topological polar surface area (TPSA) is 46.6 Å². The molecular formula is C15H17Br2NO3. The van der Waals surface area contributed by atoms with Gasteiger partial charge in [-0.3, -0.25) is 9.59 Å². The van der Waals surface area contributed by atoms with Gasteiger partial charge in [0.25, 0.3) is 5.91 Å². The quantitative estimate of drug-likeness (QED) is 0.702. The molecule has 1 amide bonds. The Balaban J connectivity index is 2.19. The Morgan fingerprint density at radius 1 is 1.24 bits per heavy atom. The van der Waals surface area contributed by atoms with Gasteiger partial charge < -0.3 is 9.64 Å². The lowest BCUT2D eigenvalue weighted by atomic mass is 9.98. The summed E-state index contributed by atoms with van der Waals surface area (Å²) in [5.74, 6) is -0.305. The van der Waals surface area contributed by atoms with Crippen molar-refractivity contribution in [3.8, 4) is 0 Å². The molecule has 1 aromatic rings. The van der Waals surface area contributed by atoms with Crippen molar-refractivity contribution in [2.24, 2.45) is 0 Å². The van der Waals surface area contributed by atoms with Crippen LogP contribution in [0, 0.1) is 0 Å². The first-order chi connectivity index (χ1) is 10.0. The SMILES string of the molecule is COC(=O)CC1CCCCN1C(=O)c1cc(Br)cc(Br)c1. The molecule has 21 heavy (non-hydrogen) atoms. The molecule has 0 radical (unpaired) electrons. The number of nitrogens with zero attached hydrogens (tertiary/aromatic N) is 1. The van der Waals surface area contributed by atoms with Crippen molar-refractivity contribution in [3.05, 3.63) is 32.7 Å². The van der Waals surface area contributed by atoms with Gasteiger partial charge in [0, 0.05) is 27.1 Å². The number of benzene rings is 1. The minimum Gasteiger partial charge on any atom is -0.469 e. The van der Waals surface area contributed by atoms with E-state index in [9.17, 15) is 9.59 Å². The third kappa shape index (κ3) is 4.30. The number of ether oxygens (including phenoxy) is 1. The molecular weight excluding hydrogens is 402 g/mol. The highest BCUT2D eigenvalue weighted by molar-refractivity contribution is 9.11. The van der Waals surface area contributed by atoms with Crippen molar-refractivity contribution in [3.63, 3.8) is 0 Å². The van der Waals surface area contributed by atoms with E-state index in [-0.39, 0.29) is 24.3 Å². The van der Waals surface area contributed by atoms with Crippen LogP contribution in [0.25, 0.3) is 0 Å². The summed E-state index contributed by atoms with van der Waals surface area (Å²) in [7, 11) is 1.38. The summed E-state index contributed by atoms with van der Waals surface area (Å²) < 4.78 is 6.43. The van der Waals surface area contributed by atoms with Crippen LogP contribution in [0.15, 0.2) is 27.1 Å². The lowest BCUT2D eigenvalue weighted by Crippen LogP contribution is -2.44. The van der Waals surface area contributed by atoms with E-state index in [1.165, 1.54) is 7.11 Å². The molecule has 1 atom stereocenters. The van der Waals surface area contributed by atoms with Crippen LogP contribution in [0.1, 0.15) is 36.0 Å². The number of hydrogen-bond donors (Lipinski definition) is 0. The Bertz CT molecular complexity index is 527. The summed E-state index contributed by atoms with van der Waals surface area (Å²) in [5.41, 5.74) is 0.619. The molecule has 1 unspecified atom stereocenters. The van der Waals surface area contributed by atoms with Gasteiger partial charge in [-0.05, 0) is 37.5 Å². The van der Waals surface area contributed by atoms with Gasteiger partial charge in [0.1, 0.15) is 0 Å². The molecule has 1 heterocycles. The van der Waals surface area contributed by atoms with Crippen LogP contribution in [-0.2, 0) is 9.53 Å². The van der Waals surface area contributed by atoms with Crippen molar-refractivity contribution in [1.82, 2.24) is 4.90 Å². The van der Waals surface area contributed by atoms with Crippen LogP contribution in [0.4, 0.5) is 0 Å². The fourth-order valence-corrected chi connectivity index (χ4v) is 3.89. The Kier molecular flexibility index (Phi) is 5.81. The molecule has 114 valence electrons. The predicted molar refractivity (Wildman–Crippen MR) is 87.2 cm³/mol. The highest BCUT2D eigenvalue weighted by Gasteiger charge is 2.29. The molecule has 4 nitrogen and oxygen atoms in total. The van der Waals surface area contributed by atoms with E-state index in [1.54, 1.807) is 17.0 Å². The van der Waals surface area contributed by atoms with Crippen molar-refractivity contribution in [2.75, 3.05) is 13.7 Å². The number of esters is 1. The number of likely N-dealkylation sites (tertiary alicyclic amines) is 1. The van der Waals surface area contributed by atoms with E-state index < -0.39 is 0 Å². The van der Waals surface area contributed by atoms with Crippen LogP contribution < -0.4 is 0 Å². The molecule has 0 bridgehead atoms. The molecule has 0 spiro atoms. The zero-order chi connectivity index (χ0) is 15.4. The zero-order valence-electron chi connectivity index (χ0n) is 11.8. The minimum atomic E-state index is -0.268. The lowest BCUT2D eigenvalue weighted by molar-refractivity contribution is -0.142. The second-order valence-corrected chi connectivity index (χ2v) is 6.92. The maximum Gasteiger partial charge on any atom is 0.307 e. The summed E-state index contributed by atoms with van der Waals surface area (Å²) in [6, 6.07) is 5.42. The van der Waals surface area contributed by atoms with Gasteiger partial charge in [-0.2, -0.15) is 0 Å². The first kappa shape index (κ1) is 16.5. The largest absolute Gasteiger partial charge is 0.469 e. The maximum absolute atomic E-state index is 12.7. The maximum atomic E-state index is 12.7. The van der Waals surface area contributed by atoms with E-state index in [2.05, 4.69) is 31.9 Å². The van der Waals surface area contributed by atoms with Crippen LogP contribution in [0.5, 0.6) is 0 Å². The summed E-state index contributed by atoms with van der Waals surface area (Å²) in [6.07, 6.45) is 3.11. The van der Waals surface area contributed by atoms with Gasteiger partial charge in [-0.1, -0.05) is 31.9 Å². The molecule has 1 fully saturated rings. The predicted octanol–water partition coefficient (Wildman–Crippen LogP) is 3.77. The third-order valence-electron chi connectivity index (χ3n) is 3.63. The molecule has 0 aromatic heterocycles. The average Bonchev–Trinajstić information content (AvgIpc) is 2.46. The fraction of sp³-hybridized carbons (Fsp3) is 0.467. The summed E-state index contributed by atoms with van der Waals surface area (Å²) in [5, 5.41) is 0. The first-order valence-electron chi connectivity index (χ1n) is 6.85. The number of halogens is 2. The monoisotopic (exact) mass is 417 g/mol. The Labute approximate surface area is 141 Å². The number of amides is 1. The third-order valence-corrected chi connectivity index (χ3v) is 4.54. The molecule has 1 aliphatic rings. The summed E-state index contributed by atoms with van der Waals surface area (Å²) in [6.45, 7) is 0.685. The molecule has 2 rings (SSSR count). The number of hydrogen-bond acceptors (Lipinski definition) is 3. The second-order valence-electron chi connectivity index (χ2n) is 5.09. The van der Waals surface area contributed by atoms with E-state index >= 15 is 0 Å². The van der Waals surface area contributed by atoms with Gasteiger partial charge in [-0.15, -0.1) is 0 Å². The average molecular weight is 419 g/mol. The summed E-state index contributed by atoms with van der Waals surface area (Å²) in [4.78, 5) is 26.0. The van der Waals surface area contributed by atoms with Gasteiger partial charge in [0.2, 0.25) is 0 Å². The highest BCUT2D eigenvalue weighted by Crippen LogP contribution is 2.25. The van der Waals surface area contributed by atoms with Crippen molar-refractivity contribution in [2.45, 2.75) is 31.7 Å². The van der Waals surface area contributed by atoms with E-state index in [0.29, 0.717) is 12.1 Å². The van der Waals surface area contributed by atoms with Crippen molar-refractivity contribution in [1.29, 1.82) is 0 Å². The molecule has 6 heteroatoms. The number of piperidine rings is 1. The number of methoxy groups -OCH3 is 1. The van der Waals surface area contributed by atoms with E-state index in [4.69, 9.17) is 4.74 Å². The molecule has 1 saturated heterocycles. The Hall–Kier alpha value is -0.880. The van der Waals surface area contributed by atoms with Crippen LogP contribution in [0.3, 0.4) is 0 Å². The first-order valence-corrected chi connectivity index (χ1v) is 8.43. The molecule has 1 aliphatic heterocycles. The van der Waals surface area contributed by atoms with Crippen LogP contribution in [0.2, 0.25) is 0 Å². The van der Waals surface area contributed by atoms with Crippen LogP contribution in [-0.4, -0.2) is 36.5 Å². The van der Waals surface area contributed by atoms with Gasteiger partial charge in [0.15, 0.2) is 0 Å². The molecule has 0 aliphatic carbocycles.